The van der Waals surface area contributed by atoms with Crippen LogP contribution in [-0.4, -0.2) is 17.9 Å². The maximum atomic E-state index is 12.5. The lowest BCUT2D eigenvalue weighted by molar-refractivity contribution is -0.123. The molecule has 3 rings (SSSR count). The van der Waals surface area contributed by atoms with Gasteiger partial charge in [-0.05, 0) is 38.3 Å². The molecule has 0 unspecified atom stereocenters. The van der Waals surface area contributed by atoms with Crippen LogP contribution in [0.1, 0.15) is 46.3 Å². The minimum atomic E-state index is -0.649. The van der Waals surface area contributed by atoms with Gasteiger partial charge in [-0.1, -0.05) is 30.3 Å². The molecule has 1 aliphatic rings. The molecule has 1 saturated carbocycles. The van der Waals surface area contributed by atoms with Crippen molar-refractivity contribution >= 4 is 11.8 Å². The summed E-state index contributed by atoms with van der Waals surface area (Å²) in [5, 5.41) is 2.96. The predicted molar refractivity (Wildman–Crippen MR) is 89.1 cm³/mol. The lowest BCUT2D eigenvalue weighted by Crippen LogP contribution is -2.46. The van der Waals surface area contributed by atoms with Crippen LogP contribution in [-0.2, 0) is 4.79 Å². The molecule has 2 aromatic rings. The van der Waals surface area contributed by atoms with Crippen molar-refractivity contribution in [2.75, 3.05) is 0 Å². The summed E-state index contributed by atoms with van der Waals surface area (Å²) in [5.41, 5.74) is 6.71. The van der Waals surface area contributed by atoms with Crippen LogP contribution in [0.4, 0.5) is 0 Å². The highest BCUT2D eigenvalue weighted by molar-refractivity contribution is 5.95. The van der Waals surface area contributed by atoms with E-state index in [0.29, 0.717) is 17.1 Å². The summed E-state index contributed by atoms with van der Waals surface area (Å²) in [6.07, 6.45) is 2.01. The molecule has 1 fully saturated rings. The highest BCUT2D eigenvalue weighted by Crippen LogP contribution is 2.21. The van der Waals surface area contributed by atoms with Gasteiger partial charge in [-0.25, -0.2) is 5.43 Å². The second-order valence-electron chi connectivity index (χ2n) is 6.05. The summed E-state index contributed by atoms with van der Waals surface area (Å²) < 4.78 is 5.37. The third kappa shape index (κ3) is 3.83. The molecule has 1 heterocycles. The molecule has 2 amide bonds. The third-order valence-electron chi connectivity index (χ3n) is 3.93. The maximum absolute atomic E-state index is 12.5. The zero-order valence-corrected chi connectivity index (χ0v) is 13.8. The molecule has 0 aliphatic heterocycles. The quantitative estimate of drug-likeness (QED) is 0.710. The van der Waals surface area contributed by atoms with E-state index in [-0.39, 0.29) is 17.9 Å². The summed E-state index contributed by atoms with van der Waals surface area (Å²) >= 11 is 0. The van der Waals surface area contributed by atoms with Crippen molar-refractivity contribution < 1.29 is 14.0 Å². The first kappa shape index (κ1) is 16.3. The number of carbonyl (C=O) groups is 2. The number of carbonyl (C=O) groups excluding carboxylic acids is 2. The molecule has 6 nitrogen and oxygen atoms in total. The Morgan fingerprint density at radius 1 is 1.17 bits per heavy atom. The Morgan fingerprint density at radius 2 is 1.88 bits per heavy atom. The van der Waals surface area contributed by atoms with Crippen molar-refractivity contribution in [2.45, 2.75) is 38.8 Å². The first-order chi connectivity index (χ1) is 11.5. The van der Waals surface area contributed by atoms with Gasteiger partial charge in [-0.15, -0.1) is 0 Å². The van der Waals surface area contributed by atoms with Crippen LogP contribution in [0.2, 0.25) is 0 Å². The predicted octanol–water partition coefficient (Wildman–Crippen LogP) is 2.15. The Morgan fingerprint density at radius 3 is 2.46 bits per heavy atom. The van der Waals surface area contributed by atoms with E-state index in [1.165, 1.54) is 0 Å². The minimum Gasteiger partial charge on any atom is -0.466 e. The van der Waals surface area contributed by atoms with Crippen LogP contribution in [0.25, 0.3) is 0 Å². The lowest BCUT2D eigenvalue weighted by Gasteiger charge is -2.19. The van der Waals surface area contributed by atoms with Crippen LogP contribution in [0.3, 0.4) is 0 Å². The normalized spacial score (nSPS) is 14.9. The Hall–Kier alpha value is -2.60. The molecular weight excluding hydrogens is 306 g/mol. The van der Waals surface area contributed by atoms with E-state index in [9.17, 15) is 9.59 Å². The highest BCUT2D eigenvalue weighted by atomic mass is 16.3. The van der Waals surface area contributed by atoms with Gasteiger partial charge < -0.3 is 9.73 Å². The Kier molecular flexibility index (Phi) is 4.66. The van der Waals surface area contributed by atoms with Gasteiger partial charge in [0.1, 0.15) is 17.6 Å². The standard InChI is InChI=1S/C18H21N3O3/c1-11-10-15(12(2)24-11)17(22)21-20-16(13-6-4-3-5-7-13)18(23)19-14-8-9-14/h3-7,10,14,16,20H,8-9H2,1-2H3,(H,19,23)(H,21,22)/t16-/m0/s1. The van der Waals surface area contributed by atoms with Gasteiger partial charge in [0.15, 0.2) is 0 Å². The van der Waals surface area contributed by atoms with Crippen molar-refractivity contribution in [1.82, 2.24) is 16.2 Å². The molecule has 126 valence electrons. The molecule has 1 aromatic heterocycles. The summed E-state index contributed by atoms with van der Waals surface area (Å²) in [4.78, 5) is 24.8. The first-order valence-corrected chi connectivity index (χ1v) is 8.03. The van der Waals surface area contributed by atoms with Gasteiger partial charge >= 0.3 is 0 Å². The topological polar surface area (TPSA) is 83.4 Å². The van der Waals surface area contributed by atoms with Crippen LogP contribution in [0.15, 0.2) is 40.8 Å². The van der Waals surface area contributed by atoms with E-state index in [2.05, 4.69) is 16.2 Å². The second-order valence-corrected chi connectivity index (χ2v) is 6.05. The third-order valence-corrected chi connectivity index (χ3v) is 3.93. The summed E-state index contributed by atoms with van der Waals surface area (Å²) in [7, 11) is 0. The number of hydrogen-bond acceptors (Lipinski definition) is 4. The number of amides is 2. The van der Waals surface area contributed by atoms with E-state index in [1.807, 2.05) is 30.3 Å². The van der Waals surface area contributed by atoms with E-state index in [0.717, 1.165) is 18.4 Å². The van der Waals surface area contributed by atoms with Gasteiger partial charge in [0, 0.05) is 6.04 Å². The van der Waals surface area contributed by atoms with Gasteiger partial charge in [0.2, 0.25) is 5.91 Å². The van der Waals surface area contributed by atoms with Crippen LogP contribution >= 0.6 is 0 Å². The summed E-state index contributed by atoms with van der Waals surface area (Å²) in [5.74, 6) is 0.739. The SMILES string of the molecule is Cc1cc(C(=O)NN[C@H](C(=O)NC2CC2)c2ccccc2)c(C)o1. The van der Waals surface area contributed by atoms with Crippen LogP contribution in [0, 0.1) is 13.8 Å². The molecule has 0 spiro atoms. The fourth-order valence-electron chi connectivity index (χ4n) is 2.52. The molecule has 6 heteroatoms. The number of nitrogens with one attached hydrogen (secondary N) is 3. The monoisotopic (exact) mass is 327 g/mol. The molecule has 24 heavy (non-hydrogen) atoms. The van der Waals surface area contributed by atoms with Gasteiger partial charge in [0.25, 0.3) is 5.91 Å². The smallest absolute Gasteiger partial charge is 0.268 e. The van der Waals surface area contributed by atoms with E-state index < -0.39 is 6.04 Å². The van der Waals surface area contributed by atoms with E-state index >= 15 is 0 Å². The number of furan rings is 1. The first-order valence-electron chi connectivity index (χ1n) is 8.03. The maximum Gasteiger partial charge on any atom is 0.268 e. The average molecular weight is 327 g/mol. The largest absolute Gasteiger partial charge is 0.466 e. The Balaban J connectivity index is 1.70. The summed E-state index contributed by atoms with van der Waals surface area (Å²) in [6, 6.07) is 10.6. The van der Waals surface area contributed by atoms with Crippen molar-refractivity contribution in [1.29, 1.82) is 0 Å². The minimum absolute atomic E-state index is 0.149. The zero-order chi connectivity index (χ0) is 17.1. The zero-order valence-electron chi connectivity index (χ0n) is 13.8. The van der Waals surface area contributed by atoms with E-state index in [1.54, 1.807) is 19.9 Å². The highest BCUT2D eigenvalue weighted by Gasteiger charge is 2.28. The van der Waals surface area contributed by atoms with Gasteiger partial charge in [-0.2, -0.15) is 0 Å². The molecule has 3 N–H and O–H groups in total. The fourth-order valence-corrected chi connectivity index (χ4v) is 2.52. The summed E-state index contributed by atoms with van der Waals surface area (Å²) in [6.45, 7) is 3.52. The molecule has 0 bridgehead atoms. The molecular formula is C18H21N3O3. The molecule has 1 atom stereocenters. The average Bonchev–Trinajstić information content (AvgIpc) is 3.30. The second kappa shape index (κ2) is 6.88. The van der Waals surface area contributed by atoms with Crippen molar-refractivity contribution in [3.8, 4) is 0 Å². The van der Waals surface area contributed by atoms with Crippen LogP contribution in [0.5, 0.6) is 0 Å². The Bertz CT molecular complexity index is 735. The van der Waals surface area contributed by atoms with Gasteiger partial charge in [0.05, 0.1) is 5.56 Å². The molecule has 1 aliphatic carbocycles. The molecule has 1 aromatic carbocycles. The van der Waals surface area contributed by atoms with Crippen molar-refractivity contribution in [2.24, 2.45) is 0 Å². The molecule has 0 saturated heterocycles. The van der Waals surface area contributed by atoms with Crippen molar-refractivity contribution in [3.63, 3.8) is 0 Å². The van der Waals surface area contributed by atoms with Crippen LogP contribution < -0.4 is 16.2 Å². The molecule has 0 radical (unpaired) electrons. The lowest BCUT2D eigenvalue weighted by atomic mass is 10.1. The number of hydrogen-bond donors (Lipinski definition) is 3. The van der Waals surface area contributed by atoms with E-state index in [4.69, 9.17) is 4.42 Å². The number of benzene rings is 1. The van der Waals surface area contributed by atoms with Crippen molar-refractivity contribution in [3.05, 3.63) is 59.0 Å². The number of hydrazine groups is 1. The number of rotatable bonds is 6. The van der Waals surface area contributed by atoms with Gasteiger partial charge in [-0.3, -0.25) is 15.0 Å². The fraction of sp³-hybridized carbons (Fsp3) is 0.333. The Labute approximate surface area is 140 Å². The number of aryl methyl sites for hydroxylation is 2.